The Hall–Kier alpha value is -5.59. The Labute approximate surface area is 213 Å². The van der Waals surface area contributed by atoms with E-state index in [0.717, 1.165) is 12.1 Å². The Bertz CT molecular complexity index is 1530. The molecule has 0 saturated carbocycles. The van der Waals surface area contributed by atoms with E-state index in [1.165, 1.54) is 31.2 Å². The molecule has 1 heterocycles. The number of non-ortho nitro benzene ring substituents is 1. The van der Waals surface area contributed by atoms with Crippen LogP contribution in [0.3, 0.4) is 0 Å². The van der Waals surface area contributed by atoms with Gasteiger partial charge < -0.3 is 5.32 Å². The monoisotopic (exact) mass is 515 g/mol. The van der Waals surface area contributed by atoms with Crippen LogP contribution in [-0.4, -0.2) is 38.9 Å². The number of ketones is 2. The van der Waals surface area contributed by atoms with Crippen molar-refractivity contribution in [3.63, 3.8) is 0 Å². The summed E-state index contributed by atoms with van der Waals surface area (Å²) in [5.74, 6) is -5.32. The van der Waals surface area contributed by atoms with Crippen molar-refractivity contribution in [2.75, 3.05) is 10.3 Å². The van der Waals surface area contributed by atoms with E-state index in [9.17, 15) is 39.4 Å². The largest absolute Gasteiger partial charge is 0.319 e. The quantitative estimate of drug-likeness (QED) is 0.156. The summed E-state index contributed by atoms with van der Waals surface area (Å²) in [6.07, 6.45) is 0. The van der Waals surface area contributed by atoms with Crippen molar-refractivity contribution in [3.8, 4) is 0 Å². The van der Waals surface area contributed by atoms with Crippen LogP contribution in [0.1, 0.15) is 22.8 Å². The van der Waals surface area contributed by atoms with Gasteiger partial charge >= 0.3 is 5.69 Å². The van der Waals surface area contributed by atoms with Gasteiger partial charge in [-0.05, 0) is 42.8 Å². The van der Waals surface area contributed by atoms with Crippen LogP contribution >= 0.6 is 0 Å². The summed E-state index contributed by atoms with van der Waals surface area (Å²) < 4.78 is 0. The normalized spacial score (nSPS) is 14.6. The number of Topliss-reactive ketones (excluding diaryl/α,β-unsaturated/α-hetero) is 2. The number of rotatable bonds is 8. The first-order chi connectivity index (χ1) is 18.1. The van der Waals surface area contributed by atoms with Gasteiger partial charge in [0.15, 0.2) is 11.7 Å². The zero-order chi connectivity index (χ0) is 27.6. The first-order valence-electron chi connectivity index (χ1n) is 11.0. The van der Waals surface area contributed by atoms with E-state index in [0.29, 0.717) is 22.2 Å². The minimum atomic E-state index is -1.75. The molecular formula is C25H17N5O8. The number of anilines is 2. The molecule has 0 unspecified atom stereocenters. The SMILES string of the molecule is CC(=O)c1ccc(NC(=O)C(=O)[C@@H]2C(=O)N(c3ccc([N+](=O)[O-])cc3[N+](=O)[O-])N=C2c2ccccc2)cc1. The maximum absolute atomic E-state index is 13.4. The van der Waals surface area contributed by atoms with Crippen molar-refractivity contribution in [1.29, 1.82) is 0 Å². The number of hydrazone groups is 1. The summed E-state index contributed by atoms with van der Waals surface area (Å²) in [6, 6.07) is 16.3. The second kappa shape index (κ2) is 10.2. The summed E-state index contributed by atoms with van der Waals surface area (Å²) >= 11 is 0. The van der Waals surface area contributed by atoms with E-state index in [-0.39, 0.29) is 17.2 Å². The van der Waals surface area contributed by atoms with Crippen LogP contribution in [0, 0.1) is 26.1 Å². The number of carbonyl (C=O) groups excluding carboxylic acids is 4. The molecule has 1 aliphatic rings. The average Bonchev–Trinajstić information content (AvgIpc) is 3.25. The molecule has 0 aliphatic carbocycles. The lowest BCUT2D eigenvalue weighted by Crippen LogP contribution is -2.39. The number of hydrogen-bond acceptors (Lipinski definition) is 9. The molecule has 3 aromatic rings. The molecule has 2 amide bonds. The molecule has 0 fully saturated rings. The van der Waals surface area contributed by atoms with Gasteiger partial charge in [-0.25, -0.2) is 0 Å². The minimum Gasteiger partial charge on any atom is -0.319 e. The first kappa shape index (κ1) is 25.5. The summed E-state index contributed by atoms with van der Waals surface area (Å²) in [5.41, 5.74) is -1.01. The lowest BCUT2D eigenvalue weighted by atomic mass is 9.92. The van der Waals surface area contributed by atoms with Gasteiger partial charge in [0.25, 0.3) is 17.5 Å². The fourth-order valence-electron chi connectivity index (χ4n) is 3.76. The van der Waals surface area contributed by atoms with Gasteiger partial charge in [-0.2, -0.15) is 10.1 Å². The van der Waals surface area contributed by atoms with Crippen molar-refractivity contribution >= 4 is 51.8 Å². The highest BCUT2D eigenvalue weighted by molar-refractivity contribution is 6.51. The number of amides is 2. The predicted molar refractivity (Wildman–Crippen MR) is 134 cm³/mol. The molecule has 190 valence electrons. The summed E-state index contributed by atoms with van der Waals surface area (Å²) in [6.45, 7) is 1.37. The fraction of sp³-hybridized carbons (Fsp3) is 0.0800. The number of hydrogen-bond donors (Lipinski definition) is 1. The molecule has 13 nitrogen and oxygen atoms in total. The van der Waals surface area contributed by atoms with Gasteiger partial charge in [0.1, 0.15) is 5.69 Å². The molecule has 1 N–H and O–H groups in total. The van der Waals surface area contributed by atoms with Crippen LogP contribution in [0.2, 0.25) is 0 Å². The molecule has 0 aromatic heterocycles. The third-order valence-electron chi connectivity index (χ3n) is 5.64. The van der Waals surface area contributed by atoms with E-state index in [1.807, 2.05) is 0 Å². The highest BCUT2D eigenvalue weighted by Gasteiger charge is 2.46. The lowest BCUT2D eigenvalue weighted by molar-refractivity contribution is -0.393. The molecule has 0 radical (unpaired) electrons. The standard InChI is InChI=1S/C25H17N5O8/c1-14(31)15-7-9-17(10-8-15)26-24(33)23(32)21-22(16-5-3-2-4-6-16)27-28(25(21)34)19-12-11-18(29(35)36)13-20(19)30(37)38/h2-13,21H,1H3,(H,26,33)/t21-/m1/s1. The third-order valence-corrected chi connectivity index (χ3v) is 5.64. The molecule has 0 saturated heterocycles. The predicted octanol–water partition coefficient (Wildman–Crippen LogP) is 3.28. The molecule has 3 aromatic carbocycles. The molecule has 13 heteroatoms. The third kappa shape index (κ3) is 4.88. The summed E-state index contributed by atoms with van der Waals surface area (Å²) in [4.78, 5) is 72.0. The van der Waals surface area contributed by atoms with E-state index in [4.69, 9.17) is 0 Å². The molecular weight excluding hydrogens is 498 g/mol. The van der Waals surface area contributed by atoms with E-state index >= 15 is 0 Å². The van der Waals surface area contributed by atoms with Crippen LogP contribution in [-0.2, 0) is 14.4 Å². The van der Waals surface area contributed by atoms with Crippen LogP contribution in [0.25, 0.3) is 0 Å². The van der Waals surface area contributed by atoms with Crippen LogP contribution < -0.4 is 10.3 Å². The summed E-state index contributed by atoms with van der Waals surface area (Å²) in [7, 11) is 0. The zero-order valence-electron chi connectivity index (χ0n) is 19.6. The van der Waals surface area contributed by atoms with Crippen LogP contribution in [0.5, 0.6) is 0 Å². The van der Waals surface area contributed by atoms with Gasteiger partial charge in [0.2, 0.25) is 5.78 Å². The number of nitrogens with zero attached hydrogens (tertiary/aromatic N) is 4. The van der Waals surface area contributed by atoms with Gasteiger partial charge in [-0.1, -0.05) is 30.3 Å². The number of nitrogens with one attached hydrogen (secondary N) is 1. The van der Waals surface area contributed by atoms with Gasteiger partial charge in [0.05, 0.1) is 21.6 Å². The van der Waals surface area contributed by atoms with Gasteiger partial charge in [0, 0.05) is 17.3 Å². The molecule has 38 heavy (non-hydrogen) atoms. The topological polar surface area (TPSA) is 182 Å². The highest BCUT2D eigenvalue weighted by atomic mass is 16.6. The van der Waals surface area contributed by atoms with Crippen molar-refractivity contribution < 1.29 is 29.0 Å². The average molecular weight is 515 g/mol. The molecule has 0 bridgehead atoms. The first-order valence-corrected chi connectivity index (χ1v) is 11.0. The Balaban J connectivity index is 1.72. The Morgan fingerprint density at radius 1 is 0.921 bits per heavy atom. The number of nitro groups is 2. The maximum Gasteiger partial charge on any atom is 0.301 e. The molecule has 1 atom stereocenters. The maximum atomic E-state index is 13.4. The fourth-order valence-corrected chi connectivity index (χ4v) is 3.76. The van der Waals surface area contributed by atoms with E-state index < -0.39 is 50.4 Å². The second-order valence-electron chi connectivity index (χ2n) is 8.07. The number of carbonyl (C=O) groups is 4. The molecule has 4 rings (SSSR count). The van der Waals surface area contributed by atoms with Gasteiger partial charge in [-0.15, -0.1) is 0 Å². The summed E-state index contributed by atoms with van der Waals surface area (Å²) in [5, 5.41) is 29.9. The Morgan fingerprint density at radius 3 is 2.16 bits per heavy atom. The Kier molecular flexibility index (Phi) is 6.83. The molecule has 0 spiro atoms. The molecule has 1 aliphatic heterocycles. The van der Waals surface area contributed by atoms with Crippen molar-refractivity contribution in [2.24, 2.45) is 11.0 Å². The van der Waals surface area contributed by atoms with Gasteiger partial charge in [-0.3, -0.25) is 39.4 Å². The van der Waals surface area contributed by atoms with E-state index in [1.54, 1.807) is 30.3 Å². The lowest BCUT2D eigenvalue weighted by Gasteiger charge is -2.14. The van der Waals surface area contributed by atoms with Crippen molar-refractivity contribution in [2.45, 2.75) is 6.92 Å². The second-order valence-corrected chi connectivity index (χ2v) is 8.07. The van der Waals surface area contributed by atoms with E-state index in [2.05, 4.69) is 10.4 Å². The number of nitro benzene ring substituents is 2. The van der Waals surface area contributed by atoms with Crippen LogP contribution in [0.4, 0.5) is 22.7 Å². The zero-order valence-corrected chi connectivity index (χ0v) is 19.6. The number of benzene rings is 3. The Morgan fingerprint density at radius 2 is 1.58 bits per heavy atom. The van der Waals surface area contributed by atoms with Crippen molar-refractivity contribution in [1.82, 2.24) is 0 Å². The smallest absolute Gasteiger partial charge is 0.301 e. The highest BCUT2D eigenvalue weighted by Crippen LogP contribution is 2.36. The minimum absolute atomic E-state index is 0.129. The van der Waals surface area contributed by atoms with Crippen molar-refractivity contribution in [3.05, 3.63) is 104 Å². The van der Waals surface area contributed by atoms with Crippen LogP contribution in [0.15, 0.2) is 77.9 Å².